The minimum Gasteiger partial charge on any atom is -0.465 e. The predicted molar refractivity (Wildman–Crippen MR) is 82.2 cm³/mol. The Labute approximate surface area is 127 Å². The second kappa shape index (κ2) is 9.47. The van der Waals surface area contributed by atoms with Crippen LogP contribution in [0.1, 0.15) is 32.3 Å². The Morgan fingerprint density at radius 3 is 2.86 bits per heavy atom. The monoisotopic (exact) mass is 294 g/mol. The zero-order chi connectivity index (χ0) is 15.6. The Morgan fingerprint density at radius 1 is 1.43 bits per heavy atom. The highest BCUT2D eigenvalue weighted by molar-refractivity contribution is 5.82. The molecule has 5 heteroatoms. The van der Waals surface area contributed by atoms with E-state index in [-0.39, 0.29) is 5.97 Å². The molecule has 5 nitrogen and oxygen atoms in total. The van der Waals surface area contributed by atoms with E-state index in [4.69, 9.17) is 9.47 Å². The molecule has 1 aromatic heterocycles. The van der Waals surface area contributed by atoms with Gasteiger partial charge >= 0.3 is 5.97 Å². The van der Waals surface area contributed by atoms with Crippen LogP contribution in [0.25, 0.3) is 0 Å². The largest absolute Gasteiger partial charge is 0.465 e. The molecule has 1 rings (SSSR count). The molecule has 0 saturated carbocycles. The maximum Gasteiger partial charge on any atom is 0.318 e. The van der Waals surface area contributed by atoms with Crippen molar-refractivity contribution in [1.82, 2.24) is 10.3 Å². The summed E-state index contributed by atoms with van der Waals surface area (Å²) in [5.41, 5.74) is 0.00599. The Morgan fingerprint density at radius 2 is 2.24 bits per heavy atom. The number of ether oxygens (including phenoxy) is 2. The molecular weight excluding hydrogens is 268 g/mol. The third-order valence-electron chi connectivity index (χ3n) is 3.38. The first-order valence-electron chi connectivity index (χ1n) is 7.45. The molecule has 0 aromatic carbocycles. The number of carbonyl (C=O) groups excluding carboxylic acids is 1. The Kier molecular flexibility index (Phi) is 7.93. The van der Waals surface area contributed by atoms with Gasteiger partial charge in [0.1, 0.15) is 5.41 Å². The van der Waals surface area contributed by atoms with Crippen LogP contribution in [-0.2, 0) is 19.7 Å². The van der Waals surface area contributed by atoms with E-state index in [0.717, 1.165) is 24.9 Å². The molecule has 0 radical (unpaired) electrons. The number of unbranched alkanes of at least 4 members (excludes halogenated alkanes) is 1. The number of hydrogen-bond acceptors (Lipinski definition) is 5. The fourth-order valence-electron chi connectivity index (χ4n) is 2.02. The molecule has 0 bridgehead atoms. The van der Waals surface area contributed by atoms with Crippen molar-refractivity contribution in [2.75, 3.05) is 33.4 Å². The minimum atomic E-state index is -0.812. The molecule has 0 fully saturated rings. The summed E-state index contributed by atoms with van der Waals surface area (Å²) < 4.78 is 10.9. The van der Waals surface area contributed by atoms with E-state index in [9.17, 15) is 4.79 Å². The van der Waals surface area contributed by atoms with Crippen molar-refractivity contribution in [1.29, 1.82) is 0 Å². The maximum atomic E-state index is 12.3. The van der Waals surface area contributed by atoms with E-state index < -0.39 is 5.41 Å². The molecule has 1 N–H and O–H groups in total. The normalized spacial score (nSPS) is 13.7. The quantitative estimate of drug-likeness (QED) is 0.528. The van der Waals surface area contributed by atoms with Crippen LogP contribution in [0.2, 0.25) is 0 Å². The summed E-state index contributed by atoms with van der Waals surface area (Å²) in [7, 11) is 1.93. The van der Waals surface area contributed by atoms with Crippen molar-refractivity contribution in [2.45, 2.75) is 32.1 Å². The van der Waals surface area contributed by atoms with E-state index in [0.29, 0.717) is 19.8 Å². The van der Waals surface area contributed by atoms with E-state index in [2.05, 4.69) is 10.3 Å². The fourth-order valence-corrected chi connectivity index (χ4v) is 2.02. The molecule has 1 heterocycles. The lowest BCUT2D eigenvalue weighted by molar-refractivity contribution is -0.152. The summed E-state index contributed by atoms with van der Waals surface area (Å²) in [6.07, 6.45) is 5.40. The molecule has 0 amide bonds. The average molecular weight is 294 g/mol. The molecule has 0 spiro atoms. The summed E-state index contributed by atoms with van der Waals surface area (Å²) >= 11 is 0. The van der Waals surface area contributed by atoms with E-state index >= 15 is 0 Å². The van der Waals surface area contributed by atoms with Crippen molar-refractivity contribution >= 4 is 5.97 Å². The second-order valence-electron chi connectivity index (χ2n) is 5.16. The number of nitrogens with zero attached hydrogens (tertiary/aromatic N) is 1. The third kappa shape index (κ3) is 5.44. The number of rotatable bonds is 10. The molecule has 0 aliphatic heterocycles. The Hall–Kier alpha value is -1.46. The van der Waals surface area contributed by atoms with Crippen molar-refractivity contribution in [3.63, 3.8) is 0 Å². The van der Waals surface area contributed by atoms with Crippen LogP contribution in [0.15, 0.2) is 24.5 Å². The predicted octanol–water partition coefficient (Wildman–Crippen LogP) is 1.92. The zero-order valence-electron chi connectivity index (χ0n) is 13.2. The SMILES string of the molecule is CCOC(=O)C(C)(COCCCCNC)c1cccnc1. The lowest BCUT2D eigenvalue weighted by atomic mass is 9.84. The molecule has 0 aliphatic rings. The van der Waals surface area contributed by atoms with Gasteiger partial charge in [0.05, 0.1) is 13.2 Å². The van der Waals surface area contributed by atoms with Gasteiger partial charge in [-0.15, -0.1) is 0 Å². The van der Waals surface area contributed by atoms with Crippen LogP contribution in [0, 0.1) is 0 Å². The van der Waals surface area contributed by atoms with Crippen LogP contribution >= 0.6 is 0 Å². The highest BCUT2D eigenvalue weighted by Crippen LogP contribution is 2.25. The standard InChI is InChI=1S/C16H26N2O3/c1-4-21-15(19)16(2,14-8-7-10-18-12-14)13-20-11-6-5-9-17-3/h7-8,10,12,17H,4-6,9,11,13H2,1-3H3. The topological polar surface area (TPSA) is 60.5 Å². The van der Waals surface area contributed by atoms with Crippen LogP contribution in [0.5, 0.6) is 0 Å². The third-order valence-corrected chi connectivity index (χ3v) is 3.38. The highest BCUT2D eigenvalue weighted by atomic mass is 16.5. The maximum absolute atomic E-state index is 12.3. The van der Waals surface area contributed by atoms with Crippen molar-refractivity contribution in [3.8, 4) is 0 Å². The molecule has 1 aromatic rings. The van der Waals surface area contributed by atoms with Gasteiger partial charge in [0.15, 0.2) is 0 Å². The van der Waals surface area contributed by atoms with E-state index in [1.807, 2.05) is 26.1 Å². The van der Waals surface area contributed by atoms with Gasteiger partial charge in [-0.3, -0.25) is 9.78 Å². The fraction of sp³-hybridized carbons (Fsp3) is 0.625. The number of carbonyl (C=O) groups is 1. The van der Waals surface area contributed by atoms with Gasteiger partial charge in [-0.1, -0.05) is 6.07 Å². The molecule has 21 heavy (non-hydrogen) atoms. The van der Waals surface area contributed by atoms with E-state index in [1.54, 1.807) is 19.3 Å². The first-order chi connectivity index (χ1) is 10.1. The molecule has 118 valence electrons. The first kappa shape index (κ1) is 17.6. The van der Waals surface area contributed by atoms with Gasteiger partial charge in [-0.05, 0) is 51.9 Å². The van der Waals surface area contributed by atoms with Crippen LogP contribution in [-0.4, -0.2) is 44.4 Å². The van der Waals surface area contributed by atoms with Crippen molar-refractivity contribution < 1.29 is 14.3 Å². The van der Waals surface area contributed by atoms with Crippen LogP contribution in [0.4, 0.5) is 0 Å². The highest BCUT2D eigenvalue weighted by Gasteiger charge is 2.37. The van der Waals surface area contributed by atoms with Crippen LogP contribution in [0.3, 0.4) is 0 Å². The van der Waals surface area contributed by atoms with Crippen molar-refractivity contribution in [3.05, 3.63) is 30.1 Å². The summed E-state index contributed by atoms with van der Waals surface area (Å²) in [6.45, 7) is 5.92. The van der Waals surface area contributed by atoms with Gasteiger partial charge in [-0.25, -0.2) is 0 Å². The lowest BCUT2D eigenvalue weighted by Crippen LogP contribution is -2.39. The van der Waals surface area contributed by atoms with Gasteiger partial charge in [0.2, 0.25) is 0 Å². The van der Waals surface area contributed by atoms with Crippen LogP contribution < -0.4 is 5.32 Å². The number of pyridine rings is 1. The Balaban J connectivity index is 2.63. The van der Waals surface area contributed by atoms with Gasteiger partial charge < -0.3 is 14.8 Å². The second-order valence-corrected chi connectivity index (χ2v) is 5.16. The van der Waals surface area contributed by atoms with Crippen molar-refractivity contribution in [2.24, 2.45) is 0 Å². The summed E-state index contributed by atoms with van der Waals surface area (Å²) in [4.78, 5) is 16.4. The number of nitrogens with one attached hydrogen (secondary N) is 1. The molecule has 0 saturated heterocycles. The average Bonchev–Trinajstić information content (AvgIpc) is 2.51. The molecule has 0 aliphatic carbocycles. The zero-order valence-corrected chi connectivity index (χ0v) is 13.2. The molecule has 1 unspecified atom stereocenters. The summed E-state index contributed by atoms with van der Waals surface area (Å²) in [6, 6.07) is 3.70. The summed E-state index contributed by atoms with van der Waals surface area (Å²) in [5, 5.41) is 3.10. The van der Waals surface area contributed by atoms with E-state index in [1.165, 1.54) is 0 Å². The minimum absolute atomic E-state index is 0.270. The van der Waals surface area contributed by atoms with Gasteiger partial charge in [0.25, 0.3) is 0 Å². The van der Waals surface area contributed by atoms with Gasteiger partial charge in [0, 0.05) is 19.0 Å². The number of aromatic nitrogens is 1. The van der Waals surface area contributed by atoms with Gasteiger partial charge in [-0.2, -0.15) is 0 Å². The molecular formula is C16H26N2O3. The number of hydrogen-bond donors (Lipinski definition) is 1. The lowest BCUT2D eigenvalue weighted by Gasteiger charge is -2.27. The Bertz CT molecular complexity index is 411. The summed E-state index contributed by atoms with van der Waals surface area (Å²) in [5.74, 6) is -0.270. The smallest absolute Gasteiger partial charge is 0.318 e. The number of esters is 1. The first-order valence-corrected chi connectivity index (χ1v) is 7.45. The molecule has 1 atom stereocenters.